The van der Waals surface area contributed by atoms with E-state index in [1.54, 1.807) is 0 Å². The maximum absolute atomic E-state index is 5.38. The summed E-state index contributed by atoms with van der Waals surface area (Å²) in [5.41, 5.74) is 11.1. The van der Waals surface area contributed by atoms with Gasteiger partial charge in [-0.15, -0.1) is 0 Å². The van der Waals surface area contributed by atoms with Crippen molar-refractivity contribution in [2.45, 2.75) is 0 Å². The average molecular weight is 499 g/mol. The van der Waals surface area contributed by atoms with Crippen LogP contribution in [0.2, 0.25) is 0 Å². The topological polar surface area (TPSA) is 38.5 Å². The first-order chi connectivity index (χ1) is 19.3. The van der Waals surface area contributed by atoms with Crippen molar-refractivity contribution in [3.63, 3.8) is 0 Å². The quantitative estimate of drug-likeness (QED) is 0.254. The summed E-state index contributed by atoms with van der Waals surface area (Å²) in [5, 5.41) is 4.78. The van der Waals surface area contributed by atoms with Crippen molar-refractivity contribution < 1.29 is 0 Å². The van der Waals surface area contributed by atoms with Crippen LogP contribution in [0.5, 0.6) is 0 Å². The minimum atomic E-state index is 1.02. The Morgan fingerprint density at radius 2 is 0.974 bits per heavy atom. The van der Waals surface area contributed by atoms with Gasteiger partial charge in [-0.1, -0.05) is 72.8 Å². The normalized spacial score (nSPS) is 12.1. The monoisotopic (exact) mass is 498 g/mol. The molecule has 4 nitrogen and oxygen atoms in total. The van der Waals surface area contributed by atoms with Crippen molar-refractivity contribution in [3.05, 3.63) is 127 Å². The molecule has 0 unspecified atom stereocenters. The first-order valence-electron chi connectivity index (χ1n) is 13.2. The number of pyridine rings is 1. The third-order valence-electron chi connectivity index (χ3n) is 8.03. The number of nitrogens with one attached hydrogen (secondary N) is 1. The highest BCUT2D eigenvalue weighted by Gasteiger charge is 2.19. The van der Waals surface area contributed by atoms with E-state index in [-0.39, 0.29) is 0 Å². The Morgan fingerprint density at radius 1 is 0.410 bits per heavy atom. The summed E-state index contributed by atoms with van der Waals surface area (Å²) >= 11 is 0. The minimum absolute atomic E-state index is 1.02. The third-order valence-corrected chi connectivity index (χ3v) is 8.03. The van der Waals surface area contributed by atoms with Crippen molar-refractivity contribution in [1.82, 2.24) is 19.1 Å². The highest BCUT2D eigenvalue weighted by atomic mass is 15.0. The van der Waals surface area contributed by atoms with Gasteiger partial charge >= 0.3 is 0 Å². The first kappa shape index (κ1) is 20.7. The Morgan fingerprint density at radius 3 is 1.69 bits per heavy atom. The second-order valence-corrected chi connectivity index (χ2v) is 10.2. The number of H-pyrrole nitrogens is 1. The van der Waals surface area contributed by atoms with Gasteiger partial charge in [0.05, 0.1) is 33.1 Å². The average Bonchev–Trinajstić information content (AvgIpc) is 3.63. The number of hydrogen-bond acceptors (Lipinski definition) is 1. The van der Waals surface area contributed by atoms with Crippen molar-refractivity contribution in [2.75, 3.05) is 0 Å². The second-order valence-electron chi connectivity index (χ2n) is 10.2. The summed E-state index contributed by atoms with van der Waals surface area (Å²) in [5.74, 6) is 0. The third kappa shape index (κ3) is 2.80. The molecule has 0 saturated carbocycles. The van der Waals surface area contributed by atoms with E-state index in [2.05, 4.69) is 142 Å². The predicted octanol–water partition coefficient (Wildman–Crippen LogP) is 8.91. The lowest BCUT2D eigenvalue weighted by Gasteiger charge is -2.10. The van der Waals surface area contributed by atoms with Crippen molar-refractivity contribution in [1.29, 1.82) is 0 Å². The fourth-order valence-corrected chi connectivity index (χ4v) is 6.34. The summed E-state index contributed by atoms with van der Waals surface area (Å²) in [6.07, 6.45) is 0. The molecule has 0 fully saturated rings. The van der Waals surface area contributed by atoms with E-state index in [0.29, 0.717) is 0 Å². The molecule has 0 aliphatic heterocycles. The molecule has 5 aromatic carbocycles. The number of para-hydroxylation sites is 4. The summed E-state index contributed by atoms with van der Waals surface area (Å²) in [6.45, 7) is 0. The summed E-state index contributed by atoms with van der Waals surface area (Å²) in [7, 11) is 0. The van der Waals surface area contributed by atoms with Gasteiger partial charge in [0, 0.05) is 44.0 Å². The molecule has 4 aromatic heterocycles. The van der Waals surface area contributed by atoms with Gasteiger partial charge in [-0.2, -0.15) is 0 Å². The maximum Gasteiger partial charge on any atom is 0.0972 e. The van der Waals surface area contributed by atoms with Crippen LogP contribution in [-0.2, 0) is 0 Å². The van der Waals surface area contributed by atoms with E-state index in [0.717, 1.165) is 66.3 Å². The van der Waals surface area contributed by atoms with E-state index in [1.807, 2.05) is 0 Å². The Bertz CT molecular complexity index is 2390. The fourth-order valence-electron chi connectivity index (χ4n) is 6.34. The Labute approximate surface area is 223 Å². The number of hydrogen-bond donors (Lipinski definition) is 1. The number of aromatic amines is 1. The van der Waals surface area contributed by atoms with E-state index in [4.69, 9.17) is 4.98 Å². The zero-order valence-corrected chi connectivity index (χ0v) is 21.0. The van der Waals surface area contributed by atoms with Crippen molar-refractivity contribution in [2.24, 2.45) is 0 Å². The molecule has 4 heteroatoms. The van der Waals surface area contributed by atoms with E-state index < -0.39 is 0 Å². The lowest BCUT2D eigenvalue weighted by molar-refractivity contribution is 1.16. The molecular weight excluding hydrogens is 476 g/mol. The van der Waals surface area contributed by atoms with Gasteiger partial charge in [0.25, 0.3) is 0 Å². The molecule has 0 atom stereocenters. The van der Waals surface area contributed by atoms with Crippen LogP contribution in [0, 0.1) is 0 Å². The highest BCUT2D eigenvalue weighted by Crippen LogP contribution is 2.38. The van der Waals surface area contributed by atoms with Crippen molar-refractivity contribution in [3.8, 4) is 11.4 Å². The van der Waals surface area contributed by atoms with Crippen LogP contribution in [0.1, 0.15) is 0 Å². The number of aromatic nitrogens is 4. The van der Waals surface area contributed by atoms with Crippen LogP contribution >= 0.6 is 0 Å². The van der Waals surface area contributed by atoms with Gasteiger partial charge in [0.2, 0.25) is 0 Å². The molecule has 0 aliphatic carbocycles. The van der Waals surface area contributed by atoms with Crippen LogP contribution in [0.15, 0.2) is 127 Å². The Balaban J connectivity index is 1.44. The van der Waals surface area contributed by atoms with Gasteiger partial charge in [-0.25, -0.2) is 4.98 Å². The molecule has 0 spiro atoms. The van der Waals surface area contributed by atoms with Gasteiger partial charge in [0.15, 0.2) is 0 Å². The van der Waals surface area contributed by atoms with Crippen molar-refractivity contribution >= 4 is 65.7 Å². The first-order valence-corrected chi connectivity index (χ1v) is 13.2. The van der Waals surface area contributed by atoms with Gasteiger partial charge in [-0.05, 0) is 54.6 Å². The molecule has 182 valence electrons. The molecule has 0 amide bonds. The van der Waals surface area contributed by atoms with E-state index in [9.17, 15) is 0 Å². The van der Waals surface area contributed by atoms with Gasteiger partial charge < -0.3 is 14.1 Å². The Kier molecular flexibility index (Phi) is 4.02. The molecule has 0 bridgehead atoms. The van der Waals surface area contributed by atoms with Gasteiger partial charge in [-0.3, -0.25) is 0 Å². The molecule has 0 aliphatic rings. The number of nitrogens with zero attached hydrogens (tertiary/aromatic N) is 3. The minimum Gasteiger partial charge on any atom is -0.355 e. The predicted molar refractivity (Wildman–Crippen MR) is 162 cm³/mol. The zero-order chi connectivity index (χ0) is 25.5. The maximum atomic E-state index is 5.38. The summed E-state index contributed by atoms with van der Waals surface area (Å²) in [6, 6.07) is 45.3. The molecule has 9 rings (SSSR count). The molecule has 1 N–H and O–H groups in total. The van der Waals surface area contributed by atoms with E-state index in [1.165, 1.54) is 10.8 Å². The summed E-state index contributed by atoms with van der Waals surface area (Å²) in [4.78, 5) is 8.95. The second kappa shape index (κ2) is 7.59. The lowest BCUT2D eigenvalue weighted by Crippen LogP contribution is -1.96. The van der Waals surface area contributed by atoms with Crippen LogP contribution in [0.4, 0.5) is 0 Å². The van der Waals surface area contributed by atoms with Gasteiger partial charge in [0.1, 0.15) is 0 Å². The SMILES string of the molecule is c1ccc(-n2c3ccccc3c3nc4c5ccccc5n(-c5ccc6[nH]c7ccccc7c6c5)c4cc32)cc1. The van der Waals surface area contributed by atoms with Crippen LogP contribution in [-0.4, -0.2) is 19.1 Å². The highest BCUT2D eigenvalue weighted by molar-refractivity contribution is 6.15. The molecule has 4 heterocycles. The molecule has 0 radical (unpaired) electrons. The van der Waals surface area contributed by atoms with E-state index >= 15 is 0 Å². The largest absolute Gasteiger partial charge is 0.355 e. The number of benzene rings is 5. The molecular formula is C35H22N4. The number of rotatable bonds is 2. The molecule has 0 saturated heterocycles. The van der Waals surface area contributed by atoms with Crippen LogP contribution in [0.25, 0.3) is 77.1 Å². The van der Waals surface area contributed by atoms with Crippen LogP contribution in [0.3, 0.4) is 0 Å². The van der Waals surface area contributed by atoms with Crippen LogP contribution < -0.4 is 0 Å². The standard InChI is InChI=1S/C35H22N4/c1-2-10-22(11-3-1)38-30-16-8-5-13-25(30)34-32(38)21-33-35(37-34)26-14-6-9-17-31(26)39(33)23-18-19-29-27(20-23)24-12-4-7-15-28(24)36-29/h1-21,36H. The number of fused-ring (bicyclic) bond motifs is 9. The fraction of sp³-hybridized carbons (Fsp3) is 0. The summed E-state index contributed by atoms with van der Waals surface area (Å²) < 4.78 is 4.70. The zero-order valence-electron chi connectivity index (χ0n) is 21.0. The smallest absolute Gasteiger partial charge is 0.0972 e. The Hall–Kier alpha value is -5.35. The lowest BCUT2D eigenvalue weighted by atomic mass is 10.1. The molecule has 39 heavy (non-hydrogen) atoms. The molecule has 9 aromatic rings.